The second-order valence-corrected chi connectivity index (χ2v) is 23.4. The van der Waals surface area contributed by atoms with Crippen molar-refractivity contribution < 1.29 is 65.7 Å². The van der Waals surface area contributed by atoms with Crippen LogP contribution in [0.2, 0.25) is 0 Å². The minimum absolute atomic E-state index is 0.0187. The number of hydrogen-bond acceptors (Lipinski definition) is 23. The number of hydrogen-bond donors (Lipinski definition) is 9. The molecule has 30 nitrogen and oxygen atoms in total. The lowest BCUT2D eigenvalue weighted by Gasteiger charge is -2.27. The number of aryl methyl sites for hydroxylation is 1. The summed E-state index contributed by atoms with van der Waals surface area (Å²) in [6.45, 7) is -5.65. The molecule has 12 atom stereocenters. The summed E-state index contributed by atoms with van der Waals surface area (Å²) in [6.07, 6.45) is -6.95. The molecule has 3 saturated heterocycles. The van der Waals surface area contributed by atoms with Crippen molar-refractivity contribution in [1.82, 2.24) is 48.6 Å². The highest BCUT2D eigenvalue weighted by Crippen LogP contribution is 2.53. The monoisotopic (exact) mass is 1070 g/mol. The van der Waals surface area contributed by atoms with Gasteiger partial charge in [-0.2, -0.15) is 9.97 Å². The number of imidazole rings is 2. The Balaban J connectivity index is 0.990. The Labute approximate surface area is 397 Å². The number of anilines is 2. The smallest absolute Gasteiger partial charge is 0.394 e. The van der Waals surface area contributed by atoms with Crippen LogP contribution in [0.3, 0.4) is 0 Å². The number of nitrogens with two attached hydrogens (primary N) is 2. The first-order chi connectivity index (χ1) is 32.5. The first-order valence-electron chi connectivity index (χ1n) is 20.8. The van der Waals surface area contributed by atoms with E-state index in [-0.39, 0.29) is 71.6 Å². The van der Waals surface area contributed by atoms with Gasteiger partial charge >= 0.3 is 26.9 Å². The van der Waals surface area contributed by atoms with Crippen molar-refractivity contribution in [2.75, 3.05) is 37.9 Å². The summed E-state index contributed by atoms with van der Waals surface area (Å²) >= 11 is 10.8. The van der Waals surface area contributed by atoms with Crippen LogP contribution in [0, 0.1) is 12.8 Å². The molecule has 5 aromatic heterocycles. The molecule has 0 saturated carbocycles. The second-order valence-electron chi connectivity index (χ2n) is 16.4. The summed E-state index contributed by atoms with van der Waals surface area (Å²) < 4.78 is 69.0. The van der Waals surface area contributed by atoms with E-state index in [2.05, 4.69) is 34.9 Å². The zero-order chi connectivity index (χ0) is 49.7. The number of nitrogen functional groups attached to an aromatic ring is 2. The van der Waals surface area contributed by atoms with Gasteiger partial charge in [0.05, 0.1) is 51.3 Å². The molecule has 3 aliphatic rings. The number of aromatic amines is 3. The Bertz CT molecular complexity index is 3110. The van der Waals surface area contributed by atoms with Crippen molar-refractivity contribution in [3.63, 3.8) is 0 Å². The van der Waals surface area contributed by atoms with Crippen LogP contribution in [0.15, 0.2) is 38.0 Å². The predicted molar refractivity (Wildman–Crippen MR) is 244 cm³/mol. The molecule has 5 aromatic rings. The maximum atomic E-state index is 13.0. The third kappa shape index (κ3) is 11.7. The number of rotatable bonds is 19. The van der Waals surface area contributed by atoms with Crippen molar-refractivity contribution in [3.8, 4) is 0 Å². The minimum atomic E-state index is -4.74. The Morgan fingerprint density at radius 3 is 1.65 bits per heavy atom. The van der Waals surface area contributed by atoms with Gasteiger partial charge in [0.1, 0.15) is 43.1 Å². The first-order valence-corrected chi connectivity index (χ1v) is 27.5. The number of phosphoric acid groups is 1. The molecule has 0 aromatic carbocycles. The van der Waals surface area contributed by atoms with E-state index in [0.717, 1.165) is 4.57 Å². The van der Waals surface area contributed by atoms with Gasteiger partial charge in [-0.3, -0.25) is 52.1 Å². The number of fused-ring (bicyclic) bond motifs is 2. The summed E-state index contributed by atoms with van der Waals surface area (Å²) in [5, 5.41) is 10.2. The highest BCUT2D eigenvalue weighted by atomic mass is 32.5. The van der Waals surface area contributed by atoms with Gasteiger partial charge in [0.25, 0.3) is 16.7 Å². The average molecular weight is 1070 g/mol. The number of nitrogens with zero attached hydrogens (tertiary/aromatic N) is 7. The molecule has 69 heavy (non-hydrogen) atoms. The van der Waals surface area contributed by atoms with E-state index in [1.807, 2.05) is 0 Å². The number of H-pyrrole nitrogens is 3. The second kappa shape index (κ2) is 20.2. The van der Waals surface area contributed by atoms with E-state index in [1.165, 1.54) is 34.9 Å². The lowest BCUT2D eigenvalue weighted by atomic mass is 10.2. The topological polar surface area (TPSA) is 415 Å². The van der Waals surface area contributed by atoms with Crippen LogP contribution >= 0.6 is 21.3 Å². The number of phosphoric ester groups is 1. The maximum Gasteiger partial charge on any atom is 0.472 e. The Hall–Kier alpha value is -4.01. The fourth-order valence-corrected chi connectivity index (χ4v) is 11.8. The molecule has 8 rings (SSSR count). The highest BCUT2D eigenvalue weighted by molar-refractivity contribution is 8.07. The van der Waals surface area contributed by atoms with E-state index in [4.69, 9.17) is 76.4 Å². The molecule has 3 aliphatic heterocycles. The van der Waals surface area contributed by atoms with Gasteiger partial charge in [-0.15, -0.1) is 0 Å². The summed E-state index contributed by atoms with van der Waals surface area (Å²) in [7, 11) is -4.74. The molecule has 0 spiro atoms. The fraction of sp³-hybridized carbons (Fsp3) is 0.588. The lowest BCUT2D eigenvalue weighted by molar-refractivity contribution is -0.0544. The Kier molecular flexibility index (Phi) is 15.1. The summed E-state index contributed by atoms with van der Waals surface area (Å²) in [5.74, 6) is -0.550. The van der Waals surface area contributed by atoms with Crippen molar-refractivity contribution in [2.24, 2.45) is 5.92 Å². The van der Waals surface area contributed by atoms with Gasteiger partial charge in [-0.25, -0.2) is 19.3 Å². The van der Waals surface area contributed by atoms with E-state index >= 15 is 0 Å². The predicted octanol–water partition coefficient (Wildman–Crippen LogP) is -0.474. The molecule has 0 aliphatic carbocycles. The number of aromatic nitrogens is 10. The Morgan fingerprint density at radius 2 is 1.17 bits per heavy atom. The summed E-state index contributed by atoms with van der Waals surface area (Å²) in [5.41, 5.74) is 9.01. The molecular weight excluding hydrogens is 1020 g/mol. The quantitative estimate of drug-likeness (QED) is 0.0472. The SMILES string of the molecule is Cc1cn([C@H]2CC(OP(=O)(O)OCC(C)C)[C@@H](COP(O)(=S)OC3C[C@H](n4cnc5c(=O)[nH]c(N)nc54)O[C@@H]3COP(O)(=S)O[C@@H]3C[C@H](n4cnc5c(=O)[nH]c(N)nc54)O[C@@H]3CO)O2)c(=O)[nH]c1=O. The van der Waals surface area contributed by atoms with E-state index in [0.29, 0.717) is 0 Å². The van der Waals surface area contributed by atoms with Gasteiger partial charge in [-0.05, 0) is 36.5 Å². The van der Waals surface area contributed by atoms with Crippen molar-refractivity contribution >= 4 is 79.1 Å². The summed E-state index contributed by atoms with van der Waals surface area (Å²) in [6, 6.07) is 0. The van der Waals surface area contributed by atoms with Crippen LogP contribution in [-0.4, -0.2) is 131 Å². The van der Waals surface area contributed by atoms with Crippen LogP contribution in [0.4, 0.5) is 11.9 Å². The lowest BCUT2D eigenvalue weighted by Crippen LogP contribution is -2.33. The molecule has 3 fully saturated rings. The number of aliphatic hydroxyl groups is 1. The van der Waals surface area contributed by atoms with Crippen LogP contribution in [0.5, 0.6) is 0 Å². The van der Waals surface area contributed by atoms with E-state index in [1.54, 1.807) is 13.8 Å². The van der Waals surface area contributed by atoms with Crippen molar-refractivity contribution in [2.45, 2.75) is 95.3 Å². The van der Waals surface area contributed by atoms with E-state index in [9.17, 15) is 43.5 Å². The van der Waals surface area contributed by atoms with Gasteiger partial charge in [-0.1, -0.05) is 13.8 Å². The van der Waals surface area contributed by atoms with Gasteiger partial charge in [0, 0.05) is 31.0 Å². The van der Waals surface area contributed by atoms with Crippen LogP contribution < -0.4 is 33.8 Å². The van der Waals surface area contributed by atoms with Crippen LogP contribution in [-0.2, 0) is 69.5 Å². The standard InChI is InChI=1S/C34H47N12O18P3S2/c1-14(2)9-56-65(52,53)62-17-5-22(44-7-15(3)29(48)43-34(44)51)60-20(17)10-57-67(55,69)64-18-6-24(46-13-38-26-28(46)40-33(36)42-31(26)50)61-21(18)11-58-66(54,68)63-16-4-23(59-19(16)8-47)45-12-37-25-27(45)39-32(35)41-30(25)49/h7,12-14,16-24,47H,4-6,8-11H2,1-3H3,(H,52,53)(H,54,68)(H,55,69)(H,43,48,51)(H3,35,39,41,49)(H3,36,40,42,50)/t16-,17?,18?,19-,20-,21-,22-,23-,24-,66?,67?/m1/s1. The van der Waals surface area contributed by atoms with Crippen molar-refractivity contribution in [3.05, 3.63) is 66.0 Å². The molecule has 378 valence electrons. The fourth-order valence-electron chi connectivity index (χ4n) is 7.70. The molecule has 5 unspecified atom stereocenters. The number of ether oxygens (including phenoxy) is 3. The molecule has 0 radical (unpaired) electrons. The van der Waals surface area contributed by atoms with Gasteiger partial charge < -0.3 is 63.6 Å². The third-order valence-corrected chi connectivity index (χ3v) is 15.1. The zero-order valence-corrected chi connectivity index (χ0v) is 40.7. The number of nitrogens with one attached hydrogen (secondary N) is 3. The number of aliphatic hydroxyl groups excluding tert-OH is 1. The van der Waals surface area contributed by atoms with Crippen LogP contribution in [0.1, 0.15) is 57.4 Å². The first kappa shape index (κ1) is 51.3. The molecule has 35 heteroatoms. The van der Waals surface area contributed by atoms with Gasteiger partial charge in [0.2, 0.25) is 11.9 Å². The average Bonchev–Trinajstić information content (AvgIpc) is 4.10. The van der Waals surface area contributed by atoms with Gasteiger partial charge in [0.15, 0.2) is 22.3 Å². The third-order valence-electron chi connectivity index (χ3n) is 10.9. The largest absolute Gasteiger partial charge is 0.472 e. The maximum absolute atomic E-state index is 13.0. The summed E-state index contributed by atoms with van der Waals surface area (Å²) in [4.78, 5) is 107. The van der Waals surface area contributed by atoms with Crippen LogP contribution in [0.25, 0.3) is 22.3 Å². The molecule has 0 bridgehead atoms. The highest BCUT2D eigenvalue weighted by Gasteiger charge is 2.46. The van der Waals surface area contributed by atoms with Crippen molar-refractivity contribution in [1.29, 1.82) is 0 Å². The minimum Gasteiger partial charge on any atom is -0.394 e. The molecule has 11 N–H and O–H groups in total. The normalized spacial score (nSPS) is 27.9. The van der Waals surface area contributed by atoms with E-state index < -0.39 is 119 Å². The molecular formula is C34H47N12O18P3S2. The Morgan fingerprint density at radius 1 is 0.725 bits per heavy atom. The molecule has 8 heterocycles. The molecule has 0 amide bonds. The zero-order valence-electron chi connectivity index (χ0n) is 36.4.